The summed E-state index contributed by atoms with van der Waals surface area (Å²) in [6.45, 7) is 1.97. The summed E-state index contributed by atoms with van der Waals surface area (Å²) in [7, 11) is -1.97. The molecule has 25 heavy (non-hydrogen) atoms. The minimum Gasteiger partial charge on any atom is -0.394 e. The van der Waals surface area contributed by atoms with Gasteiger partial charge in [-0.15, -0.1) is 0 Å². The lowest BCUT2D eigenvalue weighted by Gasteiger charge is -2.23. The van der Waals surface area contributed by atoms with Crippen LogP contribution >= 0.6 is 8.53 Å². The Labute approximate surface area is 146 Å². The molecule has 0 saturated carbocycles. The van der Waals surface area contributed by atoms with Gasteiger partial charge in [0.15, 0.2) is 0 Å². The molecule has 0 aromatic carbocycles. The van der Waals surface area contributed by atoms with E-state index in [1.165, 1.54) is 6.92 Å². The lowest BCUT2D eigenvalue weighted by molar-refractivity contribution is -0.120. The van der Waals surface area contributed by atoms with Gasteiger partial charge in [0.2, 0.25) is 14.4 Å². The zero-order valence-electron chi connectivity index (χ0n) is 14.0. The van der Waals surface area contributed by atoms with E-state index in [2.05, 4.69) is 5.32 Å². The highest BCUT2D eigenvalue weighted by Gasteiger charge is 2.28. The van der Waals surface area contributed by atoms with Crippen LogP contribution in [-0.2, 0) is 14.1 Å². The summed E-state index contributed by atoms with van der Waals surface area (Å²) in [4.78, 5) is 29.4. The summed E-state index contributed by atoms with van der Waals surface area (Å²) in [5, 5.41) is 46.5. The second-order valence-electron chi connectivity index (χ2n) is 5.05. The van der Waals surface area contributed by atoms with Gasteiger partial charge in [-0.3, -0.25) is 10.3 Å². The minimum absolute atomic E-state index is 0.248. The molecule has 1 unspecified atom stereocenters. The molecule has 11 N–H and O–H groups in total. The Morgan fingerprint density at radius 1 is 1.24 bits per heavy atom. The van der Waals surface area contributed by atoms with Gasteiger partial charge in [-0.1, -0.05) is 0 Å². The molecule has 0 spiro atoms. The Hall–Kier alpha value is -0.790. The van der Waals surface area contributed by atoms with Gasteiger partial charge in [0.05, 0.1) is 31.4 Å². The fourth-order valence-electron chi connectivity index (χ4n) is 1.46. The molecule has 0 saturated heterocycles. The van der Waals surface area contributed by atoms with Crippen molar-refractivity contribution in [3.05, 3.63) is 0 Å². The summed E-state index contributed by atoms with van der Waals surface area (Å²) < 4.78 is 4.83. The topological polar surface area (TPSA) is 229 Å². The molecular weight excluding hydrogens is 361 g/mol. The van der Waals surface area contributed by atoms with Crippen LogP contribution in [0.15, 0.2) is 0 Å². The second-order valence-corrected chi connectivity index (χ2v) is 5.86. The Balaban J connectivity index is 0. The highest BCUT2D eigenvalue weighted by atomic mass is 31.2. The monoisotopic (exact) mass is 389 g/mol. The van der Waals surface area contributed by atoms with E-state index in [4.69, 9.17) is 46.2 Å². The zero-order valence-corrected chi connectivity index (χ0v) is 14.9. The van der Waals surface area contributed by atoms with Crippen LogP contribution < -0.4 is 16.6 Å². The molecule has 12 nitrogen and oxygen atoms in total. The fraction of sp³-hybridized carbons (Fsp3) is 0.833. The van der Waals surface area contributed by atoms with Crippen LogP contribution in [0.2, 0.25) is 0 Å². The molecule has 0 aliphatic rings. The van der Waals surface area contributed by atoms with Crippen LogP contribution in [0.3, 0.4) is 0 Å². The number of nitrogens with one attached hydrogen (secondary N) is 1. The number of aliphatic hydroxyl groups is 5. The maximum absolute atomic E-state index is 10.6. The van der Waals surface area contributed by atoms with Gasteiger partial charge in [-0.05, 0) is 6.92 Å². The molecule has 7 atom stereocenters. The number of amides is 1. The molecule has 0 heterocycles. The number of nitrogens with two attached hydrogens (primary N) is 2. The van der Waals surface area contributed by atoms with Gasteiger partial charge < -0.3 is 50.8 Å². The minimum atomic E-state index is -1.97. The van der Waals surface area contributed by atoms with E-state index < -0.39 is 51.6 Å². The maximum Gasteiger partial charge on any atom is 0.250 e. The number of hydrogen-bond donors (Lipinski definition) is 9. The third kappa shape index (κ3) is 12.2. The molecule has 13 heteroatoms. The molecule has 0 aromatic heterocycles. The van der Waals surface area contributed by atoms with Crippen molar-refractivity contribution in [2.45, 2.75) is 50.3 Å². The largest absolute Gasteiger partial charge is 0.394 e. The average molecular weight is 389 g/mol. The summed E-state index contributed by atoms with van der Waals surface area (Å²) in [6.07, 6.45) is -4.95. The molecule has 0 fully saturated rings. The maximum atomic E-state index is 10.6. The van der Waals surface area contributed by atoms with E-state index in [0.717, 1.165) is 0 Å². The van der Waals surface area contributed by atoms with Crippen LogP contribution in [0.5, 0.6) is 0 Å². The Morgan fingerprint density at radius 2 is 1.76 bits per heavy atom. The molecule has 1 amide bonds. The standard InChI is InChI=1S/C6H15N2O4P.C6H13NO5/c1-4(12-13(7)11)6(3-9)8-5(2)10;7-3(1-8)5(11)6(12)4(10)2-9/h4,6,9,11H,3,7H2,1-2H3,(H,8,10);1,3-6,9-12H,2,7H2/t4-,6-,13?;3-,4+,5+,6-/m00/s1. The molecule has 0 aromatic rings. The second kappa shape index (κ2) is 14.4. The van der Waals surface area contributed by atoms with Crippen LogP contribution in [0, 0.1) is 0 Å². The molecule has 0 bridgehead atoms. The SMILES string of the molecule is CC(=O)N[C@@H](CO)[C@H](C)OP(N)O.N[C@@H](C=O)[C@@H](O)[C@@H](O)[C@H](O)CO. The molecule has 150 valence electrons. The number of rotatable bonds is 10. The van der Waals surface area contributed by atoms with Crippen molar-refractivity contribution in [1.82, 2.24) is 5.32 Å². The fourth-order valence-corrected chi connectivity index (χ4v) is 1.95. The van der Waals surface area contributed by atoms with E-state index in [9.17, 15) is 9.59 Å². The van der Waals surface area contributed by atoms with Crippen molar-refractivity contribution in [1.29, 1.82) is 0 Å². The van der Waals surface area contributed by atoms with Gasteiger partial charge in [-0.25, -0.2) is 0 Å². The van der Waals surface area contributed by atoms with E-state index in [-0.39, 0.29) is 18.8 Å². The van der Waals surface area contributed by atoms with Crippen LogP contribution in [-0.4, -0.2) is 92.3 Å². The lowest BCUT2D eigenvalue weighted by atomic mass is 10.0. The number of hydrogen-bond acceptors (Lipinski definition) is 11. The molecule has 0 radical (unpaired) electrons. The van der Waals surface area contributed by atoms with Gasteiger partial charge in [0.25, 0.3) is 0 Å². The summed E-state index contributed by atoms with van der Waals surface area (Å²) in [5.74, 6) is -0.270. The quantitative estimate of drug-likeness (QED) is 0.128. The average Bonchev–Trinajstić information content (AvgIpc) is 2.56. The van der Waals surface area contributed by atoms with Crippen LogP contribution in [0.4, 0.5) is 0 Å². The lowest BCUT2D eigenvalue weighted by Crippen LogP contribution is -2.49. The van der Waals surface area contributed by atoms with Crippen LogP contribution in [0.25, 0.3) is 0 Å². The smallest absolute Gasteiger partial charge is 0.250 e. The third-order valence-corrected chi connectivity index (χ3v) is 3.46. The van der Waals surface area contributed by atoms with Crippen LogP contribution in [0.1, 0.15) is 13.8 Å². The number of carbonyl (C=O) groups excluding carboxylic acids is 2. The predicted octanol–water partition coefficient (Wildman–Crippen LogP) is -4.35. The molecule has 0 aliphatic carbocycles. The highest BCUT2D eigenvalue weighted by molar-refractivity contribution is 7.43. The first-order valence-corrected chi connectivity index (χ1v) is 8.44. The molecule has 0 aliphatic heterocycles. The Kier molecular flexibility index (Phi) is 15.2. The first kappa shape index (κ1) is 26.4. The van der Waals surface area contributed by atoms with Gasteiger partial charge in [0.1, 0.15) is 24.6 Å². The number of carbonyl (C=O) groups is 2. The van der Waals surface area contributed by atoms with Crippen molar-refractivity contribution in [3.8, 4) is 0 Å². The summed E-state index contributed by atoms with van der Waals surface area (Å²) in [6, 6.07) is -1.81. The molecular formula is C12H28N3O9P. The van der Waals surface area contributed by atoms with E-state index in [0.29, 0.717) is 0 Å². The number of aldehydes is 1. The van der Waals surface area contributed by atoms with Crippen molar-refractivity contribution >= 4 is 20.7 Å². The van der Waals surface area contributed by atoms with Gasteiger partial charge >= 0.3 is 0 Å². The highest BCUT2D eigenvalue weighted by Crippen LogP contribution is 2.23. The Bertz CT molecular complexity index is 378. The third-order valence-electron chi connectivity index (χ3n) is 2.91. The predicted molar refractivity (Wildman–Crippen MR) is 87.7 cm³/mol. The first-order valence-electron chi connectivity index (χ1n) is 7.16. The van der Waals surface area contributed by atoms with E-state index >= 15 is 0 Å². The zero-order chi connectivity index (χ0) is 20.2. The van der Waals surface area contributed by atoms with Crippen molar-refractivity contribution in [2.24, 2.45) is 11.2 Å². The Morgan fingerprint density at radius 3 is 2.08 bits per heavy atom. The summed E-state index contributed by atoms with van der Waals surface area (Å²) in [5.41, 5.74) is 10.1. The van der Waals surface area contributed by atoms with Crippen molar-refractivity contribution < 1.29 is 44.5 Å². The van der Waals surface area contributed by atoms with Crippen molar-refractivity contribution in [2.75, 3.05) is 13.2 Å². The van der Waals surface area contributed by atoms with Gasteiger partial charge in [-0.2, -0.15) is 0 Å². The normalized spacial score (nSPS) is 19.3. The van der Waals surface area contributed by atoms with E-state index in [1.54, 1.807) is 6.92 Å². The molecule has 0 rings (SSSR count). The number of aliphatic hydroxyl groups excluding tert-OH is 5. The summed E-state index contributed by atoms with van der Waals surface area (Å²) >= 11 is 0. The first-order chi connectivity index (χ1) is 11.5. The van der Waals surface area contributed by atoms with E-state index in [1.807, 2.05) is 0 Å². The van der Waals surface area contributed by atoms with Crippen molar-refractivity contribution in [3.63, 3.8) is 0 Å². The van der Waals surface area contributed by atoms with Gasteiger partial charge in [0, 0.05) is 6.92 Å².